The minimum atomic E-state index is -2.69. The Labute approximate surface area is 205 Å². The van der Waals surface area contributed by atoms with Crippen LogP contribution in [0.15, 0.2) is 36.4 Å². The summed E-state index contributed by atoms with van der Waals surface area (Å²) in [6.07, 6.45) is 5.40. The van der Waals surface area contributed by atoms with E-state index in [4.69, 9.17) is 4.11 Å². The number of aliphatic carboxylic acids is 1. The monoisotopic (exact) mass is 553 g/mol. The first-order chi connectivity index (χ1) is 16.6. The Kier molecular flexibility index (Phi) is 5.90. The first-order valence-electron chi connectivity index (χ1n) is 12.5. The van der Waals surface area contributed by atoms with Crippen LogP contribution in [0.5, 0.6) is 0 Å². The Bertz CT molecular complexity index is 1120. The Morgan fingerprint density at radius 1 is 1.19 bits per heavy atom. The smallest absolute Gasteiger partial charge is 0.308 e. The Hall–Kier alpha value is -2.16. The number of carbonyl (C=O) groups excluding carboxylic acids is 1. The van der Waals surface area contributed by atoms with Gasteiger partial charge in [-0.25, -0.2) is 4.39 Å². The van der Waals surface area contributed by atoms with E-state index < -0.39 is 42.1 Å². The number of halogens is 2. The largest absolute Gasteiger partial charge is 0.481 e. The summed E-state index contributed by atoms with van der Waals surface area (Å²) in [7, 11) is 0. The summed E-state index contributed by atoms with van der Waals surface area (Å²) in [6, 6.07) is 8.71. The van der Waals surface area contributed by atoms with Crippen LogP contribution in [0, 0.1) is 22.2 Å². The molecule has 1 heterocycles. The van der Waals surface area contributed by atoms with Crippen LogP contribution in [0.4, 0.5) is 10.1 Å². The van der Waals surface area contributed by atoms with Crippen molar-refractivity contribution in [3.05, 3.63) is 62.5 Å². The van der Waals surface area contributed by atoms with E-state index in [1.54, 1.807) is 0 Å². The number of piperidine rings is 1. The van der Waals surface area contributed by atoms with Gasteiger partial charge < -0.3 is 15.3 Å². The number of hydrogen-bond acceptors (Lipinski definition) is 3. The molecule has 1 amide bonds. The fraction of sp³-hybridized carbons (Fsp3) is 0.440. The standard InChI is InChI=1S/C25H28FIN2O3/c1-15-6-4-10-19(26)22(15)24(30)29-13-5-9-18(25(31)32)23(29)16-11-12-21(20(27)14-16)28-17-7-2-3-8-17/h4,6,10-12,14,17-18,23,28H,2-3,5,7-9,13H2,1H3,(H,31,32)/t18-,23-/m0/s1/i1D3. The van der Waals surface area contributed by atoms with E-state index >= 15 is 0 Å². The van der Waals surface area contributed by atoms with Gasteiger partial charge in [-0.1, -0.05) is 31.0 Å². The molecule has 0 spiro atoms. The number of benzene rings is 2. The number of nitrogens with zero attached hydrogens (tertiary/aromatic N) is 1. The molecule has 7 heteroatoms. The summed E-state index contributed by atoms with van der Waals surface area (Å²) in [4.78, 5) is 27.2. The molecular weight excluding hydrogens is 522 g/mol. The number of rotatable bonds is 5. The van der Waals surface area contributed by atoms with Gasteiger partial charge in [0, 0.05) is 26.0 Å². The van der Waals surface area contributed by atoms with E-state index in [0.717, 1.165) is 28.2 Å². The molecule has 2 aliphatic rings. The van der Waals surface area contributed by atoms with E-state index in [2.05, 4.69) is 27.9 Å². The van der Waals surface area contributed by atoms with Gasteiger partial charge in [0.15, 0.2) is 0 Å². The topological polar surface area (TPSA) is 69.6 Å². The molecule has 2 N–H and O–H groups in total. The Balaban J connectivity index is 1.73. The molecular formula is C25H28FIN2O3. The fourth-order valence-electron chi connectivity index (χ4n) is 4.90. The number of carboxylic acid groups (broad SMARTS) is 1. The van der Waals surface area contributed by atoms with Crippen LogP contribution in [0.2, 0.25) is 0 Å². The number of likely N-dealkylation sites (tertiary alicyclic amines) is 1. The lowest BCUT2D eigenvalue weighted by Crippen LogP contribution is -2.45. The molecule has 2 fully saturated rings. The quantitative estimate of drug-likeness (QED) is 0.462. The third-order valence-corrected chi connectivity index (χ3v) is 7.38. The molecule has 4 rings (SSSR count). The number of nitrogens with one attached hydrogen (secondary N) is 1. The molecule has 2 aromatic carbocycles. The number of carboxylic acids is 1. The average Bonchev–Trinajstić information content (AvgIpc) is 3.32. The first-order valence-corrected chi connectivity index (χ1v) is 12.0. The zero-order valence-corrected chi connectivity index (χ0v) is 19.8. The van der Waals surface area contributed by atoms with Crippen molar-refractivity contribution in [1.82, 2.24) is 4.90 Å². The van der Waals surface area contributed by atoms with Gasteiger partial charge in [0.05, 0.1) is 17.5 Å². The van der Waals surface area contributed by atoms with E-state index in [0.29, 0.717) is 24.4 Å². The summed E-state index contributed by atoms with van der Waals surface area (Å²) in [5.41, 5.74) is 0.710. The second kappa shape index (κ2) is 9.77. The lowest BCUT2D eigenvalue weighted by Gasteiger charge is -2.40. The summed E-state index contributed by atoms with van der Waals surface area (Å²) < 4.78 is 39.1. The number of carbonyl (C=O) groups is 2. The van der Waals surface area contributed by atoms with Gasteiger partial charge in [-0.2, -0.15) is 0 Å². The average molecular weight is 553 g/mol. The van der Waals surface area contributed by atoms with E-state index in [-0.39, 0.29) is 12.1 Å². The van der Waals surface area contributed by atoms with Crippen LogP contribution in [0.1, 0.15) is 70.2 Å². The number of anilines is 1. The van der Waals surface area contributed by atoms with Crippen molar-refractivity contribution in [1.29, 1.82) is 0 Å². The molecule has 0 unspecified atom stereocenters. The van der Waals surface area contributed by atoms with Crippen LogP contribution in [-0.2, 0) is 4.79 Å². The predicted octanol–water partition coefficient (Wildman–Crippen LogP) is 5.77. The van der Waals surface area contributed by atoms with Crippen LogP contribution < -0.4 is 5.32 Å². The van der Waals surface area contributed by atoms with Crippen molar-refractivity contribution in [2.24, 2.45) is 5.92 Å². The third kappa shape index (κ3) is 4.63. The Morgan fingerprint density at radius 2 is 1.97 bits per heavy atom. The molecule has 1 aliphatic heterocycles. The fourth-order valence-corrected chi connectivity index (χ4v) is 5.60. The third-order valence-electron chi connectivity index (χ3n) is 6.49. The maximum absolute atomic E-state index is 14.9. The van der Waals surface area contributed by atoms with Crippen LogP contribution in [-0.4, -0.2) is 34.5 Å². The van der Waals surface area contributed by atoms with Crippen molar-refractivity contribution in [3.8, 4) is 0 Å². The zero-order valence-electron chi connectivity index (χ0n) is 20.6. The van der Waals surface area contributed by atoms with Gasteiger partial charge in [0.25, 0.3) is 5.91 Å². The summed E-state index contributed by atoms with van der Waals surface area (Å²) >= 11 is 2.20. The minimum absolute atomic E-state index is 0.209. The maximum atomic E-state index is 14.9. The van der Waals surface area contributed by atoms with Crippen molar-refractivity contribution >= 4 is 40.2 Å². The maximum Gasteiger partial charge on any atom is 0.308 e. The molecule has 1 saturated carbocycles. The first kappa shape index (κ1) is 19.3. The molecule has 0 radical (unpaired) electrons. The molecule has 1 saturated heterocycles. The number of hydrogen-bond donors (Lipinski definition) is 2. The molecule has 0 bridgehead atoms. The highest BCUT2D eigenvalue weighted by Crippen LogP contribution is 2.39. The highest BCUT2D eigenvalue weighted by molar-refractivity contribution is 14.1. The van der Waals surface area contributed by atoms with Crippen molar-refractivity contribution in [2.75, 3.05) is 11.9 Å². The highest BCUT2D eigenvalue weighted by atomic mass is 127. The predicted molar refractivity (Wildman–Crippen MR) is 130 cm³/mol. The van der Waals surface area contributed by atoms with E-state index in [9.17, 15) is 19.1 Å². The van der Waals surface area contributed by atoms with E-state index in [1.807, 2.05) is 18.2 Å². The lowest BCUT2D eigenvalue weighted by molar-refractivity contribution is -0.145. The Morgan fingerprint density at radius 3 is 2.66 bits per heavy atom. The van der Waals surface area contributed by atoms with Crippen molar-refractivity contribution < 1.29 is 23.2 Å². The zero-order chi connectivity index (χ0) is 25.3. The van der Waals surface area contributed by atoms with Crippen molar-refractivity contribution in [2.45, 2.75) is 57.5 Å². The number of aryl methyl sites for hydroxylation is 1. The number of amides is 1. The molecule has 2 atom stereocenters. The van der Waals surface area contributed by atoms with Gasteiger partial charge in [-0.05, 0) is 84.5 Å². The molecule has 32 heavy (non-hydrogen) atoms. The second-order valence-corrected chi connectivity index (χ2v) is 9.72. The van der Waals surface area contributed by atoms with Gasteiger partial charge in [0.2, 0.25) is 0 Å². The molecule has 1 aliphatic carbocycles. The van der Waals surface area contributed by atoms with Gasteiger partial charge in [-0.3, -0.25) is 9.59 Å². The SMILES string of the molecule is [2H]C([2H])([2H])c1cccc(F)c1C(=O)N1CCC[C@H](C(=O)O)[C@@H]1c1ccc(NC2CCCC2)c(I)c1. The normalized spacial score (nSPS) is 23.3. The molecule has 170 valence electrons. The summed E-state index contributed by atoms with van der Waals surface area (Å²) in [6.45, 7) is -2.48. The molecule has 5 nitrogen and oxygen atoms in total. The molecule has 0 aromatic heterocycles. The van der Waals surface area contributed by atoms with Gasteiger partial charge in [0.1, 0.15) is 5.82 Å². The van der Waals surface area contributed by atoms with E-state index in [1.165, 1.54) is 29.9 Å². The summed E-state index contributed by atoms with van der Waals surface area (Å²) in [5.74, 6) is -3.65. The van der Waals surface area contributed by atoms with Gasteiger partial charge >= 0.3 is 5.97 Å². The highest BCUT2D eigenvalue weighted by Gasteiger charge is 2.40. The van der Waals surface area contributed by atoms with Crippen LogP contribution >= 0.6 is 22.6 Å². The summed E-state index contributed by atoms with van der Waals surface area (Å²) in [5, 5.41) is 13.5. The van der Waals surface area contributed by atoms with Gasteiger partial charge in [-0.15, -0.1) is 0 Å². The minimum Gasteiger partial charge on any atom is -0.481 e. The van der Waals surface area contributed by atoms with Crippen LogP contribution in [0.3, 0.4) is 0 Å². The second-order valence-electron chi connectivity index (χ2n) is 8.56. The van der Waals surface area contributed by atoms with Crippen LogP contribution in [0.25, 0.3) is 0 Å². The lowest BCUT2D eigenvalue weighted by atomic mass is 9.84. The molecule has 2 aromatic rings. The van der Waals surface area contributed by atoms with Crippen molar-refractivity contribution in [3.63, 3.8) is 0 Å².